The van der Waals surface area contributed by atoms with Gasteiger partial charge in [-0.15, -0.1) is 0 Å². The molecule has 0 radical (unpaired) electrons. The number of hydroxylamine groups is 1. The number of rotatable bonds is 5. The van der Waals surface area contributed by atoms with Crippen molar-refractivity contribution in [2.75, 3.05) is 6.54 Å². The van der Waals surface area contributed by atoms with Crippen LogP contribution in [0, 0.1) is 5.21 Å². The molecule has 0 spiro atoms. The molecule has 0 unspecified atom stereocenters. The van der Waals surface area contributed by atoms with Crippen LogP contribution in [0.4, 0.5) is 0 Å². The van der Waals surface area contributed by atoms with Crippen LogP contribution in [-0.4, -0.2) is 17.0 Å². The highest BCUT2D eigenvalue weighted by molar-refractivity contribution is 5.91. The van der Waals surface area contributed by atoms with Crippen molar-refractivity contribution < 1.29 is 4.74 Å². The van der Waals surface area contributed by atoms with Gasteiger partial charge in [-0.1, -0.05) is 25.8 Å². The fraction of sp³-hybridized carbons (Fsp3) is 0.750. The van der Waals surface area contributed by atoms with Gasteiger partial charge in [0.25, 0.3) is 0 Å². The number of nitrogens with zero attached hydrogens (tertiary/aromatic N) is 1. The largest absolute Gasteiger partial charge is 0.624 e. The zero-order valence-corrected chi connectivity index (χ0v) is 9.17. The van der Waals surface area contributed by atoms with E-state index in [1.807, 2.05) is 6.08 Å². The van der Waals surface area contributed by atoms with Gasteiger partial charge in [0.15, 0.2) is 12.3 Å². The first-order chi connectivity index (χ1) is 6.84. The van der Waals surface area contributed by atoms with Gasteiger partial charge >= 0.3 is 0 Å². The minimum atomic E-state index is 0.680. The maximum atomic E-state index is 11.6. The minimum absolute atomic E-state index is 0.680. The molecule has 0 saturated carbocycles. The van der Waals surface area contributed by atoms with E-state index in [0.717, 1.165) is 31.4 Å². The molecule has 0 bridgehead atoms. The first kappa shape index (κ1) is 11.3. The maximum absolute atomic E-state index is 11.6. The molecule has 0 amide bonds. The van der Waals surface area contributed by atoms with Crippen LogP contribution >= 0.6 is 0 Å². The molecule has 0 N–H and O–H groups in total. The lowest BCUT2D eigenvalue weighted by molar-refractivity contribution is -0.459. The second kappa shape index (κ2) is 6.63. The number of hydrogen-bond acceptors (Lipinski definition) is 1. The lowest BCUT2D eigenvalue weighted by Gasteiger charge is -2.10. The monoisotopic (exact) mass is 195 g/mol. The summed E-state index contributed by atoms with van der Waals surface area (Å²) in [5.41, 5.74) is 0.979. The van der Waals surface area contributed by atoms with Crippen LogP contribution in [0.15, 0.2) is 12.2 Å². The van der Waals surface area contributed by atoms with Gasteiger partial charge in [0.05, 0.1) is 0 Å². The zero-order valence-electron chi connectivity index (χ0n) is 9.17. The van der Waals surface area contributed by atoms with Crippen LogP contribution in [0.25, 0.3) is 0 Å². The Balaban J connectivity index is 2.28. The molecule has 80 valence electrons. The summed E-state index contributed by atoms with van der Waals surface area (Å²) in [6, 6.07) is 0. The predicted octanol–water partition coefficient (Wildman–Crippen LogP) is 3.26. The Morgan fingerprint density at radius 3 is 2.86 bits per heavy atom. The van der Waals surface area contributed by atoms with Crippen molar-refractivity contribution in [3.63, 3.8) is 0 Å². The summed E-state index contributed by atoms with van der Waals surface area (Å²) in [7, 11) is 0. The molecule has 0 heterocycles. The van der Waals surface area contributed by atoms with Crippen molar-refractivity contribution in [2.45, 2.75) is 51.9 Å². The fourth-order valence-corrected chi connectivity index (χ4v) is 1.74. The van der Waals surface area contributed by atoms with E-state index in [0.29, 0.717) is 6.54 Å². The molecule has 0 fully saturated rings. The van der Waals surface area contributed by atoms with Crippen LogP contribution in [0.2, 0.25) is 0 Å². The molecule has 0 aromatic carbocycles. The smallest absolute Gasteiger partial charge is 0.186 e. The lowest BCUT2D eigenvalue weighted by Crippen LogP contribution is -2.16. The van der Waals surface area contributed by atoms with Crippen molar-refractivity contribution in [3.8, 4) is 0 Å². The second-order valence-corrected chi connectivity index (χ2v) is 3.95. The predicted molar refractivity (Wildman–Crippen MR) is 60.6 cm³/mol. The number of unbranched alkanes of at least 4 members (excludes halogenated alkanes) is 3. The summed E-state index contributed by atoms with van der Waals surface area (Å²) in [6.07, 6.45) is 12.0. The highest BCUT2D eigenvalue weighted by Gasteiger charge is 2.08. The molecule has 0 saturated heterocycles. The summed E-state index contributed by atoms with van der Waals surface area (Å²) < 4.78 is 1.19. The third-order valence-electron chi connectivity index (χ3n) is 2.65. The van der Waals surface area contributed by atoms with E-state index in [1.165, 1.54) is 24.0 Å². The summed E-state index contributed by atoms with van der Waals surface area (Å²) >= 11 is 0. The van der Waals surface area contributed by atoms with Crippen molar-refractivity contribution in [2.24, 2.45) is 0 Å². The van der Waals surface area contributed by atoms with E-state index in [1.54, 1.807) is 0 Å². The Morgan fingerprint density at radius 2 is 2.21 bits per heavy atom. The van der Waals surface area contributed by atoms with Crippen LogP contribution < -0.4 is 0 Å². The van der Waals surface area contributed by atoms with Gasteiger partial charge in [0.2, 0.25) is 0 Å². The van der Waals surface area contributed by atoms with E-state index in [4.69, 9.17) is 0 Å². The molecule has 0 aromatic heterocycles. The third-order valence-corrected chi connectivity index (χ3v) is 2.65. The highest BCUT2D eigenvalue weighted by Crippen LogP contribution is 2.08. The Hall–Kier alpha value is -0.790. The van der Waals surface area contributed by atoms with E-state index < -0.39 is 0 Å². The molecule has 2 heteroatoms. The van der Waals surface area contributed by atoms with Crippen molar-refractivity contribution in [1.29, 1.82) is 0 Å². The normalized spacial score (nSPS) is 19.8. The molecule has 2 nitrogen and oxygen atoms in total. The second-order valence-electron chi connectivity index (χ2n) is 3.95. The van der Waals surface area contributed by atoms with Crippen molar-refractivity contribution >= 4 is 5.71 Å². The maximum Gasteiger partial charge on any atom is 0.186 e. The topological polar surface area (TPSA) is 26.1 Å². The highest BCUT2D eigenvalue weighted by atomic mass is 16.5. The first-order valence-electron chi connectivity index (χ1n) is 5.81. The van der Waals surface area contributed by atoms with E-state index in [2.05, 4.69) is 13.0 Å². The zero-order chi connectivity index (χ0) is 10.2. The van der Waals surface area contributed by atoms with E-state index in [-0.39, 0.29) is 0 Å². The fourth-order valence-electron chi connectivity index (χ4n) is 1.74. The third kappa shape index (κ3) is 3.95. The quantitative estimate of drug-likeness (QED) is 0.286. The molecule has 1 rings (SSSR count). The summed E-state index contributed by atoms with van der Waals surface area (Å²) in [5, 5.41) is 11.6. The van der Waals surface area contributed by atoms with Gasteiger partial charge in [-0.25, -0.2) is 4.74 Å². The van der Waals surface area contributed by atoms with Gasteiger partial charge in [-0.3, -0.25) is 0 Å². The molecule has 0 aromatic rings. The Kier molecular flexibility index (Phi) is 5.35. The van der Waals surface area contributed by atoms with Crippen LogP contribution in [-0.2, 0) is 0 Å². The Labute approximate surface area is 86.9 Å². The van der Waals surface area contributed by atoms with Crippen LogP contribution in [0.5, 0.6) is 0 Å². The molecule has 0 aliphatic heterocycles. The molecular weight excluding hydrogens is 174 g/mol. The average Bonchev–Trinajstić information content (AvgIpc) is 2.25. The molecule has 14 heavy (non-hydrogen) atoms. The van der Waals surface area contributed by atoms with Gasteiger partial charge in [0, 0.05) is 18.9 Å². The standard InChI is InChI=1S/C12H21NO/c1-2-3-4-8-11-13(14)12-9-6-5-7-10-12/h6,9H,2-5,7-8,10-11H2,1H3/b13-12-. The number of allylic oxidation sites excluding steroid dienone is 2. The molecule has 0 atom stereocenters. The average molecular weight is 195 g/mol. The van der Waals surface area contributed by atoms with Crippen LogP contribution in [0.1, 0.15) is 51.9 Å². The lowest BCUT2D eigenvalue weighted by atomic mass is 10.1. The van der Waals surface area contributed by atoms with Gasteiger partial charge in [-0.05, 0) is 19.3 Å². The summed E-state index contributed by atoms with van der Waals surface area (Å²) in [6.45, 7) is 2.87. The number of hydrogen-bond donors (Lipinski definition) is 0. The summed E-state index contributed by atoms with van der Waals surface area (Å²) in [5.74, 6) is 0. The van der Waals surface area contributed by atoms with Gasteiger partial charge in [0.1, 0.15) is 0 Å². The SMILES string of the molecule is CCCCCC/[N+]([O-])=C1\C=CCCC1. The van der Waals surface area contributed by atoms with Crippen LogP contribution in [0.3, 0.4) is 0 Å². The Morgan fingerprint density at radius 1 is 1.36 bits per heavy atom. The molecule has 1 aliphatic carbocycles. The van der Waals surface area contributed by atoms with E-state index in [9.17, 15) is 5.21 Å². The first-order valence-corrected chi connectivity index (χ1v) is 5.81. The van der Waals surface area contributed by atoms with Gasteiger partial charge in [-0.2, -0.15) is 0 Å². The molecular formula is C12H21NO. The van der Waals surface area contributed by atoms with Gasteiger partial charge < -0.3 is 5.21 Å². The van der Waals surface area contributed by atoms with Crippen molar-refractivity contribution in [3.05, 3.63) is 17.4 Å². The van der Waals surface area contributed by atoms with Crippen molar-refractivity contribution in [1.82, 2.24) is 0 Å². The van der Waals surface area contributed by atoms with E-state index >= 15 is 0 Å². The molecule has 1 aliphatic rings. The minimum Gasteiger partial charge on any atom is -0.624 e. The Bertz CT molecular complexity index is 218. The summed E-state index contributed by atoms with van der Waals surface area (Å²) in [4.78, 5) is 0.